The molecule has 1 saturated carbocycles. The van der Waals surface area contributed by atoms with Gasteiger partial charge < -0.3 is 5.11 Å². The molecule has 1 aromatic rings. The lowest BCUT2D eigenvalue weighted by atomic mass is 9.82. The number of ketones is 1. The van der Waals surface area contributed by atoms with E-state index >= 15 is 0 Å². The van der Waals surface area contributed by atoms with Crippen molar-refractivity contribution in [3.8, 4) is 0 Å². The van der Waals surface area contributed by atoms with E-state index in [1.807, 2.05) is 31.2 Å². The lowest BCUT2D eigenvalue weighted by Gasteiger charge is -2.24. The SMILES string of the molecule is Cc1cccc(C(=O)C2CCC(O)CC2)c1. The maximum atomic E-state index is 12.2. The van der Waals surface area contributed by atoms with E-state index in [1.165, 1.54) is 0 Å². The minimum absolute atomic E-state index is 0.116. The second kappa shape index (κ2) is 4.79. The van der Waals surface area contributed by atoms with Gasteiger partial charge in [0.1, 0.15) is 0 Å². The van der Waals surface area contributed by atoms with Crippen molar-refractivity contribution in [2.24, 2.45) is 5.92 Å². The molecule has 0 saturated heterocycles. The number of aliphatic hydroxyl groups excluding tert-OH is 1. The number of Topliss-reactive ketones (excluding diaryl/α,β-unsaturated/α-hetero) is 1. The van der Waals surface area contributed by atoms with Crippen LogP contribution in [-0.4, -0.2) is 17.0 Å². The maximum Gasteiger partial charge on any atom is 0.165 e. The predicted octanol–water partition coefficient (Wildman–Crippen LogP) is 2.73. The summed E-state index contributed by atoms with van der Waals surface area (Å²) < 4.78 is 0. The number of aliphatic hydroxyl groups is 1. The van der Waals surface area contributed by atoms with Crippen LogP contribution in [0.15, 0.2) is 24.3 Å². The largest absolute Gasteiger partial charge is 0.393 e. The number of rotatable bonds is 2. The van der Waals surface area contributed by atoms with Gasteiger partial charge in [-0.25, -0.2) is 0 Å². The molecule has 0 spiro atoms. The molecule has 86 valence electrons. The predicted molar refractivity (Wildman–Crippen MR) is 63.5 cm³/mol. The summed E-state index contributed by atoms with van der Waals surface area (Å²) in [5.74, 6) is 0.362. The van der Waals surface area contributed by atoms with Gasteiger partial charge in [0.15, 0.2) is 5.78 Å². The molecule has 2 heteroatoms. The molecule has 0 heterocycles. The summed E-state index contributed by atoms with van der Waals surface area (Å²) in [7, 11) is 0. The van der Waals surface area contributed by atoms with E-state index in [1.54, 1.807) is 0 Å². The van der Waals surface area contributed by atoms with E-state index in [0.29, 0.717) is 0 Å². The lowest BCUT2D eigenvalue weighted by molar-refractivity contribution is 0.0764. The highest BCUT2D eigenvalue weighted by Crippen LogP contribution is 2.27. The minimum atomic E-state index is -0.193. The Hall–Kier alpha value is -1.15. The fraction of sp³-hybridized carbons (Fsp3) is 0.500. The molecule has 0 atom stereocenters. The van der Waals surface area contributed by atoms with Gasteiger partial charge in [-0.2, -0.15) is 0 Å². The van der Waals surface area contributed by atoms with Gasteiger partial charge in [0.05, 0.1) is 6.10 Å². The Bertz CT molecular complexity index is 376. The molecule has 2 nitrogen and oxygen atoms in total. The van der Waals surface area contributed by atoms with Crippen LogP contribution in [0.4, 0.5) is 0 Å². The number of carbonyl (C=O) groups is 1. The van der Waals surface area contributed by atoms with Crippen molar-refractivity contribution < 1.29 is 9.90 Å². The molecule has 1 aliphatic carbocycles. The fourth-order valence-corrected chi connectivity index (χ4v) is 2.37. The summed E-state index contributed by atoms with van der Waals surface area (Å²) in [6.45, 7) is 2.00. The Kier molecular flexibility index (Phi) is 3.39. The van der Waals surface area contributed by atoms with Crippen LogP contribution >= 0.6 is 0 Å². The van der Waals surface area contributed by atoms with Gasteiger partial charge in [-0.1, -0.05) is 23.8 Å². The molecule has 0 aliphatic heterocycles. The number of hydrogen-bond acceptors (Lipinski definition) is 2. The monoisotopic (exact) mass is 218 g/mol. The summed E-state index contributed by atoms with van der Waals surface area (Å²) in [6.07, 6.45) is 2.99. The van der Waals surface area contributed by atoms with Crippen LogP contribution < -0.4 is 0 Å². The van der Waals surface area contributed by atoms with Gasteiger partial charge >= 0.3 is 0 Å². The van der Waals surface area contributed by atoms with Crippen molar-refractivity contribution in [3.63, 3.8) is 0 Å². The molecule has 1 aliphatic rings. The summed E-state index contributed by atoms with van der Waals surface area (Å²) in [6, 6.07) is 7.77. The number of aryl methyl sites for hydroxylation is 1. The zero-order valence-corrected chi connectivity index (χ0v) is 9.65. The summed E-state index contributed by atoms with van der Waals surface area (Å²) >= 11 is 0. The third-order valence-electron chi connectivity index (χ3n) is 3.37. The van der Waals surface area contributed by atoms with Crippen LogP contribution in [0, 0.1) is 12.8 Å². The van der Waals surface area contributed by atoms with Crippen molar-refractivity contribution >= 4 is 5.78 Å². The average molecular weight is 218 g/mol. The standard InChI is InChI=1S/C14H18O2/c1-10-3-2-4-12(9-10)14(16)11-5-7-13(15)8-6-11/h2-4,9,11,13,15H,5-8H2,1H3. The normalized spacial score (nSPS) is 25.4. The zero-order valence-electron chi connectivity index (χ0n) is 9.65. The first-order chi connectivity index (χ1) is 7.66. The molecule has 0 unspecified atom stereocenters. The molecule has 0 bridgehead atoms. The van der Waals surface area contributed by atoms with E-state index in [9.17, 15) is 9.90 Å². The van der Waals surface area contributed by atoms with Crippen molar-refractivity contribution in [3.05, 3.63) is 35.4 Å². The molecule has 2 rings (SSSR count). The van der Waals surface area contributed by atoms with Crippen LogP contribution in [0.2, 0.25) is 0 Å². The first-order valence-electron chi connectivity index (χ1n) is 5.96. The molecule has 1 aromatic carbocycles. The second-order valence-electron chi connectivity index (χ2n) is 4.74. The van der Waals surface area contributed by atoms with E-state index in [2.05, 4.69) is 0 Å². The molecule has 0 aromatic heterocycles. The summed E-state index contributed by atoms with van der Waals surface area (Å²) in [5, 5.41) is 9.41. The smallest absolute Gasteiger partial charge is 0.165 e. The third-order valence-corrected chi connectivity index (χ3v) is 3.37. The Morgan fingerprint density at radius 3 is 2.56 bits per heavy atom. The van der Waals surface area contributed by atoms with Crippen LogP contribution in [0.5, 0.6) is 0 Å². The molecule has 0 amide bonds. The summed E-state index contributed by atoms with van der Waals surface area (Å²) in [4.78, 5) is 12.2. The van der Waals surface area contributed by atoms with Crippen LogP contribution in [-0.2, 0) is 0 Å². The average Bonchev–Trinajstić information content (AvgIpc) is 2.29. The van der Waals surface area contributed by atoms with Crippen molar-refractivity contribution in [1.82, 2.24) is 0 Å². The Labute approximate surface area is 96.3 Å². The van der Waals surface area contributed by atoms with Crippen LogP contribution in [0.3, 0.4) is 0 Å². The van der Waals surface area contributed by atoms with Crippen molar-refractivity contribution in [2.45, 2.75) is 38.7 Å². The third kappa shape index (κ3) is 2.50. The molecule has 0 radical (unpaired) electrons. The molecule has 16 heavy (non-hydrogen) atoms. The maximum absolute atomic E-state index is 12.2. The number of benzene rings is 1. The topological polar surface area (TPSA) is 37.3 Å². The van der Waals surface area contributed by atoms with E-state index in [0.717, 1.165) is 36.8 Å². The molecular weight excluding hydrogens is 200 g/mol. The van der Waals surface area contributed by atoms with Crippen LogP contribution in [0.1, 0.15) is 41.6 Å². The van der Waals surface area contributed by atoms with E-state index in [-0.39, 0.29) is 17.8 Å². The minimum Gasteiger partial charge on any atom is -0.393 e. The van der Waals surface area contributed by atoms with Crippen LogP contribution in [0.25, 0.3) is 0 Å². The second-order valence-corrected chi connectivity index (χ2v) is 4.74. The lowest BCUT2D eigenvalue weighted by Crippen LogP contribution is -2.24. The van der Waals surface area contributed by atoms with Gasteiger partial charge in [0.25, 0.3) is 0 Å². The molecule has 1 N–H and O–H groups in total. The van der Waals surface area contributed by atoms with Crippen molar-refractivity contribution in [2.75, 3.05) is 0 Å². The molecular formula is C14H18O2. The number of hydrogen-bond donors (Lipinski definition) is 1. The first-order valence-corrected chi connectivity index (χ1v) is 5.96. The van der Waals surface area contributed by atoms with Crippen molar-refractivity contribution in [1.29, 1.82) is 0 Å². The zero-order chi connectivity index (χ0) is 11.5. The summed E-state index contributed by atoms with van der Waals surface area (Å²) in [5.41, 5.74) is 1.95. The van der Waals surface area contributed by atoms with Gasteiger partial charge in [-0.05, 0) is 38.7 Å². The first kappa shape index (κ1) is 11.3. The highest BCUT2D eigenvalue weighted by atomic mass is 16.3. The van der Waals surface area contributed by atoms with Gasteiger partial charge in [-0.15, -0.1) is 0 Å². The Balaban J connectivity index is 2.08. The number of carbonyl (C=O) groups excluding carboxylic acids is 1. The fourth-order valence-electron chi connectivity index (χ4n) is 2.37. The van der Waals surface area contributed by atoms with E-state index < -0.39 is 0 Å². The van der Waals surface area contributed by atoms with E-state index in [4.69, 9.17) is 0 Å². The molecule has 1 fully saturated rings. The quantitative estimate of drug-likeness (QED) is 0.775. The Morgan fingerprint density at radius 1 is 1.25 bits per heavy atom. The highest BCUT2D eigenvalue weighted by molar-refractivity contribution is 5.98. The van der Waals surface area contributed by atoms with Gasteiger partial charge in [0, 0.05) is 11.5 Å². The van der Waals surface area contributed by atoms with Gasteiger partial charge in [-0.3, -0.25) is 4.79 Å². The highest BCUT2D eigenvalue weighted by Gasteiger charge is 2.25. The Morgan fingerprint density at radius 2 is 1.94 bits per heavy atom. The van der Waals surface area contributed by atoms with Gasteiger partial charge in [0.2, 0.25) is 0 Å².